The SMILES string of the molecule is O=C(CCC(=O)N1CCc2sccc2[C@@H]1c1cccs1)c1ccc2c(c1)CCC2. The molecule has 1 aliphatic heterocycles. The molecule has 5 heteroatoms. The van der Waals surface area contributed by atoms with Crippen LogP contribution in [0.1, 0.15) is 62.1 Å². The number of thiophene rings is 2. The first kappa shape index (κ1) is 18.8. The number of carbonyl (C=O) groups excluding carboxylic acids is 2. The summed E-state index contributed by atoms with van der Waals surface area (Å²) in [5.41, 5.74) is 4.69. The fourth-order valence-electron chi connectivity index (χ4n) is 4.59. The van der Waals surface area contributed by atoms with Gasteiger partial charge in [0.05, 0.1) is 6.04 Å². The third-order valence-electron chi connectivity index (χ3n) is 6.09. The second-order valence-corrected chi connectivity index (χ2v) is 9.79. The van der Waals surface area contributed by atoms with Crippen LogP contribution in [-0.2, 0) is 24.1 Å². The average molecular weight is 422 g/mol. The van der Waals surface area contributed by atoms with E-state index >= 15 is 0 Å². The molecule has 29 heavy (non-hydrogen) atoms. The lowest BCUT2D eigenvalue weighted by molar-refractivity contribution is -0.133. The molecule has 0 saturated heterocycles. The molecule has 2 aromatic heterocycles. The second-order valence-electron chi connectivity index (χ2n) is 7.81. The van der Waals surface area contributed by atoms with Gasteiger partial charge in [-0.1, -0.05) is 18.2 Å². The van der Waals surface area contributed by atoms with Crippen molar-refractivity contribution in [1.82, 2.24) is 4.90 Å². The molecule has 0 radical (unpaired) electrons. The highest BCUT2D eigenvalue weighted by Gasteiger charge is 2.33. The van der Waals surface area contributed by atoms with Gasteiger partial charge >= 0.3 is 0 Å². The minimum atomic E-state index is -0.00686. The van der Waals surface area contributed by atoms with Gasteiger partial charge in [0.1, 0.15) is 0 Å². The summed E-state index contributed by atoms with van der Waals surface area (Å²) < 4.78 is 0. The van der Waals surface area contributed by atoms with Gasteiger partial charge in [-0.25, -0.2) is 0 Å². The maximum absolute atomic E-state index is 13.1. The quantitative estimate of drug-likeness (QED) is 0.515. The monoisotopic (exact) mass is 421 g/mol. The normalized spacial score (nSPS) is 17.8. The number of ketones is 1. The van der Waals surface area contributed by atoms with Gasteiger partial charge in [-0.2, -0.15) is 0 Å². The summed E-state index contributed by atoms with van der Waals surface area (Å²) in [6.07, 6.45) is 4.81. The van der Waals surface area contributed by atoms with Crippen LogP contribution in [0.2, 0.25) is 0 Å². The number of hydrogen-bond donors (Lipinski definition) is 0. The summed E-state index contributed by atoms with van der Waals surface area (Å²) in [5, 5.41) is 4.19. The van der Waals surface area contributed by atoms with Crippen molar-refractivity contribution in [3.8, 4) is 0 Å². The second kappa shape index (κ2) is 7.88. The molecule has 0 fully saturated rings. The first-order valence-electron chi connectivity index (χ1n) is 10.2. The van der Waals surface area contributed by atoms with E-state index in [1.165, 1.54) is 32.9 Å². The number of rotatable bonds is 5. The van der Waals surface area contributed by atoms with Crippen molar-refractivity contribution < 1.29 is 9.59 Å². The Labute approximate surface area is 179 Å². The van der Waals surface area contributed by atoms with Gasteiger partial charge in [0, 0.05) is 34.7 Å². The highest BCUT2D eigenvalue weighted by Crippen LogP contribution is 2.39. The van der Waals surface area contributed by atoms with Crippen molar-refractivity contribution in [2.24, 2.45) is 0 Å². The summed E-state index contributed by atoms with van der Waals surface area (Å²) in [7, 11) is 0. The molecule has 2 aliphatic rings. The zero-order chi connectivity index (χ0) is 19.8. The highest BCUT2D eigenvalue weighted by atomic mass is 32.1. The molecule has 0 bridgehead atoms. The minimum Gasteiger partial charge on any atom is -0.330 e. The minimum absolute atomic E-state index is 0.00686. The number of benzene rings is 1. The van der Waals surface area contributed by atoms with Gasteiger partial charge in [-0.15, -0.1) is 22.7 Å². The van der Waals surface area contributed by atoms with Crippen LogP contribution in [0, 0.1) is 0 Å². The third-order valence-corrected chi connectivity index (χ3v) is 8.01. The van der Waals surface area contributed by atoms with Crippen LogP contribution in [0.5, 0.6) is 0 Å². The van der Waals surface area contributed by atoms with Crippen LogP contribution in [-0.4, -0.2) is 23.1 Å². The van der Waals surface area contributed by atoms with Crippen LogP contribution in [0.3, 0.4) is 0 Å². The van der Waals surface area contributed by atoms with Crippen molar-refractivity contribution in [3.63, 3.8) is 0 Å². The van der Waals surface area contributed by atoms with Crippen LogP contribution in [0.4, 0.5) is 0 Å². The predicted octanol–water partition coefficient (Wildman–Crippen LogP) is 5.44. The predicted molar refractivity (Wildman–Crippen MR) is 118 cm³/mol. The molecule has 0 N–H and O–H groups in total. The van der Waals surface area contributed by atoms with Gasteiger partial charge in [-0.3, -0.25) is 9.59 Å². The lowest BCUT2D eigenvalue weighted by Crippen LogP contribution is -2.39. The highest BCUT2D eigenvalue weighted by molar-refractivity contribution is 7.10. The smallest absolute Gasteiger partial charge is 0.223 e. The first-order chi connectivity index (χ1) is 14.2. The number of Topliss-reactive ketones (excluding diaryl/α,β-unsaturated/α-hetero) is 1. The van der Waals surface area contributed by atoms with E-state index in [0.717, 1.165) is 31.4 Å². The summed E-state index contributed by atoms with van der Waals surface area (Å²) in [6, 6.07) is 12.4. The number of amides is 1. The first-order valence-corrected chi connectivity index (χ1v) is 12.0. The molecule has 1 amide bonds. The Hall–Kier alpha value is -2.24. The number of carbonyl (C=O) groups is 2. The molecular weight excluding hydrogens is 398 g/mol. The Morgan fingerprint density at radius 1 is 0.966 bits per heavy atom. The maximum atomic E-state index is 13.1. The van der Waals surface area contributed by atoms with E-state index in [1.54, 1.807) is 22.7 Å². The molecule has 0 saturated carbocycles. The van der Waals surface area contributed by atoms with Crippen molar-refractivity contribution >= 4 is 34.4 Å². The lowest BCUT2D eigenvalue weighted by atomic mass is 9.97. The number of fused-ring (bicyclic) bond motifs is 2. The maximum Gasteiger partial charge on any atom is 0.223 e. The van der Waals surface area contributed by atoms with Crippen LogP contribution in [0.25, 0.3) is 0 Å². The molecule has 0 unspecified atom stereocenters. The van der Waals surface area contributed by atoms with E-state index in [9.17, 15) is 9.59 Å². The van der Waals surface area contributed by atoms with Crippen LogP contribution in [0.15, 0.2) is 47.2 Å². The van der Waals surface area contributed by atoms with Gasteiger partial charge in [-0.05, 0) is 71.3 Å². The largest absolute Gasteiger partial charge is 0.330 e. The topological polar surface area (TPSA) is 37.4 Å². The van der Waals surface area contributed by atoms with E-state index in [2.05, 4.69) is 29.0 Å². The molecule has 148 valence electrons. The Balaban J connectivity index is 1.30. The average Bonchev–Trinajstić information content (AvgIpc) is 3.51. The Morgan fingerprint density at radius 3 is 2.72 bits per heavy atom. The fourth-order valence-corrected chi connectivity index (χ4v) is 6.35. The van der Waals surface area contributed by atoms with Crippen LogP contribution >= 0.6 is 22.7 Å². The van der Waals surface area contributed by atoms with Gasteiger partial charge in [0.25, 0.3) is 0 Å². The van der Waals surface area contributed by atoms with Gasteiger partial charge in [0.2, 0.25) is 5.91 Å². The van der Waals surface area contributed by atoms with E-state index in [0.29, 0.717) is 0 Å². The van der Waals surface area contributed by atoms with Crippen molar-refractivity contribution in [3.05, 3.63) is 79.2 Å². The van der Waals surface area contributed by atoms with E-state index in [-0.39, 0.29) is 30.6 Å². The molecule has 5 rings (SSSR count). The van der Waals surface area contributed by atoms with E-state index in [4.69, 9.17) is 0 Å². The third kappa shape index (κ3) is 3.58. The van der Waals surface area contributed by atoms with Gasteiger partial charge < -0.3 is 4.90 Å². The lowest BCUT2D eigenvalue weighted by Gasteiger charge is -2.35. The van der Waals surface area contributed by atoms with Crippen molar-refractivity contribution in [2.45, 2.75) is 44.6 Å². The zero-order valence-electron chi connectivity index (χ0n) is 16.2. The molecule has 3 nitrogen and oxygen atoms in total. The Morgan fingerprint density at radius 2 is 1.86 bits per heavy atom. The molecule has 1 aliphatic carbocycles. The van der Waals surface area contributed by atoms with Crippen LogP contribution < -0.4 is 0 Å². The zero-order valence-corrected chi connectivity index (χ0v) is 17.9. The van der Waals surface area contributed by atoms with E-state index < -0.39 is 0 Å². The summed E-state index contributed by atoms with van der Waals surface area (Å²) in [6.45, 7) is 0.724. The Bertz CT molecular complexity index is 1050. The molecule has 3 heterocycles. The molecular formula is C24H23NO2S2. The molecule has 3 aromatic rings. The summed E-state index contributed by atoms with van der Waals surface area (Å²) in [4.78, 5) is 30.4. The van der Waals surface area contributed by atoms with E-state index in [1.807, 2.05) is 23.1 Å². The number of aryl methyl sites for hydroxylation is 2. The van der Waals surface area contributed by atoms with Crippen molar-refractivity contribution in [1.29, 1.82) is 0 Å². The number of hydrogen-bond acceptors (Lipinski definition) is 4. The number of nitrogens with zero attached hydrogens (tertiary/aromatic N) is 1. The fraction of sp³-hybridized carbons (Fsp3) is 0.333. The summed E-state index contributed by atoms with van der Waals surface area (Å²) in [5.74, 6) is 0.156. The standard InChI is InChI=1S/C24H23NO2S2/c26-20(18-7-6-16-3-1-4-17(16)15-18)8-9-23(27)25-12-10-21-19(11-14-29-21)24(25)22-5-2-13-28-22/h2,5-7,11,13-15,24H,1,3-4,8-10,12H2/t24-/m1/s1. The molecule has 1 aromatic carbocycles. The molecule has 1 atom stereocenters. The van der Waals surface area contributed by atoms with Crippen molar-refractivity contribution in [2.75, 3.05) is 6.54 Å². The van der Waals surface area contributed by atoms with Gasteiger partial charge in [0.15, 0.2) is 5.78 Å². The summed E-state index contributed by atoms with van der Waals surface area (Å²) >= 11 is 3.47. The molecule has 0 spiro atoms. The Kier molecular flexibility index (Phi) is 5.10.